The molecule has 1 N–H and O–H groups in total. The predicted molar refractivity (Wildman–Crippen MR) is 120 cm³/mol. The lowest BCUT2D eigenvalue weighted by Crippen LogP contribution is -2.55. The van der Waals surface area contributed by atoms with Gasteiger partial charge in [0.15, 0.2) is 0 Å². The Morgan fingerprint density at radius 1 is 1.14 bits per heavy atom. The van der Waals surface area contributed by atoms with E-state index in [-0.39, 0.29) is 37.6 Å². The van der Waals surface area contributed by atoms with Crippen molar-refractivity contribution in [3.8, 4) is 5.75 Å². The lowest BCUT2D eigenvalue weighted by Gasteiger charge is -2.37. The molecule has 14 heteroatoms. The van der Waals surface area contributed by atoms with Gasteiger partial charge in [-0.25, -0.2) is 21.9 Å². The Morgan fingerprint density at radius 2 is 1.80 bits per heavy atom. The Kier molecular flexibility index (Phi) is 9.18. The highest BCUT2D eigenvalue weighted by atomic mass is 32.2. The van der Waals surface area contributed by atoms with Crippen molar-refractivity contribution in [2.45, 2.75) is 23.7 Å². The van der Waals surface area contributed by atoms with Gasteiger partial charge in [-0.05, 0) is 31.2 Å². The highest BCUT2D eigenvalue weighted by molar-refractivity contribution is 7.89. The maximum atomic E-state index is 13.4. The van der Waals surface area contributed by atoms with Gasteiger partial charge in [0.1, 0.15) is 5.75 Å². The standard InChI is InChI=1S/C21H30F4N4O5S/c1-33-18-4-3-16(35(31,32)26-5-2-6-27-11-13-34-14-12-27)15-17(18)28-7-9-29(10-8-28)20(30)21(24,25)19(22)23/h3-4,15,19,26H,2,5-14H2,1H3. The third-order valence-corrected chi connectivity index (χ3v) is 7.43. The van der Waals surface area contributed by atoms with Gasteiger partial charge < -0.3 is 19.3 Å². The topological polar surface area (TPSA) is 91.4 Å². The van der Waals surface area contributed by atoms with Crippen LogP contribution in [0.5, 0.6) is 5.75 Å². The number of nitrogens with one attached hydrogen (secondary N) is 1. The van der Waals surface area contributed by atoms with Crippen molar-refractivity contribution >= 4 is 21.6 Å². The summed E-state index contributed by atoms with van der Waals surface area (Å²) in [7, 11) is -2.42. The zero-order valence-corrected chi connectivity index (χ0v) is 20.2. The summed E-state index contributed by atoms with van der Waals surface area (Å²) in [6.07, 6.45) is -3.46. The van der Waals surface area contributed by atoms with Crippen LogP contribution in [0.25, 0.3) is 0 Å². The van der Waals surface area contributed by atoms with Crippen molar-refractivity contribution in [2.75, 3.05) is 77.6 Å². The number of benzene rings is 1. The molecule has 1 aromatic rings. The van der Waals surface area contributed by atoms with Crippen molar-refractivity contribution in [3.05, 3.63) is 18.2 Å². The number of halogens is 4. The van der Waals surface area contributed by atoms with E-state index < -0.39 is 28.3 Å². The SMILES string of the molecule is COc1ccc(S(=O)(=O)NCCCN2CCOCC2)cc1N1CCN(C(=O)C(F)(F)C(F)F)CC1. The summed E-state index contributed by atoms with van der Waals surface area (Å²) in [6, 6.07) is 4.30. The molecule has 0 saturated carbocycles. The third-order valence-electron chi connectivity index (χ3n) is 5.97. The monoisotopic (exact) mass is 526 g/mol. The first-order valence-electron chi connectivity index (χ1n) is 11.2. The number of nitrogens with zero attached hydrogens (tertiary/aromatic N) is 3. The lowest BCUT2D eigenvalue weighted by atomic mass is 10.2. The molecular weight excluding hydrogens is 496 g/mol. The van der Waals surface area contributed by atoms with E-state index in [2.05, 4.69) is 9.62 Å². The number of hydrogen-bond donors (Lipinski definition) is 1. The van der Waals surface area contributed by atoms with E-state index in [1.807, 2.05) is 0 Å². The molecule has 0 spiro atoms. The van der Waals surface area contributed by atoms with Crippen LogP contribution < -0.4 is 14.4 Å². The molecule has 2 aliphatic rings. The molecule has 2 heterocycles. The Bertz CT molecular complexity index is 968. The summed E-state index contributed by atoms with van der Waals surface area (Å²) in [5, 5.41) is 0. The maximum absolute atomic E-state index is 13.4. The van der Waals surface area contributed by atoms with Crippen LogP contribution in [0.15, 0.2) is 23.1 Å². The quantitative estimate of drug-likeness (QED) is 0.363. The van der Waals surface area contributed by atoms with Crippen molar-refractivity contribution in [2.24, 2.45) is 0 Å². The molecule has 3 rings (SSSR count). The first-order valence-corrected chi connectivity index (χ1v) is 12.7. The van der Waals surface area contributed by atoms with E-state index in [0.29, 0.717) is 36.0 Å². The second-order valence-corrected chi connectivity index (χ2v) is 10.0. The number of ether oxygens (including phenoxy) is 2. The molecule has 198 valence electrons. The van der Waals surface area contributed by atoms with Gasteiger partial charge in [-0.1, -0.05) is 0 Å². The highest BCUT2D eigenvalue weighted by Crippen LogP contribution is 2.32. The Labute approximate surface area is 202 Å². The first-order chi connectivity index (χ1) is 16.6. The predicted octanol–water partition coefficient (Wildman–Crippen LogP) is 1.24. The highest BCUT2D eigenvalue weighted by Gasteiger charge is 2.51. The molecule has 1 amide bonds. The Balaban J connectivity index is 1.62. The Morgan fingerprint density at radius 3 is 2.40 bits per heavy atom. The lowest BCUT2D eigenvalue weighted by molar-refractivity contribution is -0.180. The number of rotatable bonds is 10. The van der Waals surface area contributed by atoms with Gasteiger partial charge in [0, 0.05) is 45.8 Å². The van der Waals surface area contributed by atoms with Crippen LogP contribution in [0.4, 0.5) is 23.2 Å². The van der Waals surface area contributed by atoms with Crippen LogP contribution in [0.1, 0.15) is 6.42 Å². The molecule has 9 nitrogen and oxygen atoms in total. The average molecular weight is 527 g/mol. The second-order valence-electron chi connectivity index (χ2n) is 8.24. The van der Waals surface area contributed by atoms with Crippen LogP contribution in [-0.4, -0.2) is 109 Å². The fourth-order valence-electron chi connectivity index (χ4n) is 3.96. The summed E-state index contributed by atoms with van der Waals surface area (Å²) < 4.78 is 90.7. The molecule has 1 aromatic carbocycles. The van der Waals surface area contributed by atoms with Gasteiger partial charge in [-0.2, -0.15) is 8.78 Å². The van der Waals surface area contributed by atoms with Gasteiger partial charge in [0.25, 0.3) is 5.91 Å². The molecule has 2 fully saturated rings. The van der Waals surface area contributed by atoms with Crippen LogP contribution in [-0.2, 0) is 19.6 Å². The van der Waals surface area contributed by atoms with Gasteiger partial charge in [-0.3, -0.25) is 9.69 Å². The van der Waals surface area contributed by atoms with Gasteiger partial charge in [-0.15, -0.1) is 0 Å². The summed E-state index contributed by atoms with van der Waals surface area (Å²) in [5.74, 6) is -6.31. The number of amides is 1. The van der Waals surface area contributed by atoms with Gasteiger partial charge in [0.2, 0.25) is 10.0 Å². The van der Waals surface area contributed by atoms with Crippen LogP contribution in [0.3, 0.4) is 0 Å². The number of anilines is 1. The van der Waals surface area contributed by atoms with E-state index in [1.54, 1.807) is 4.90 Å². The number of carbonyl (C=O) groups is 1. The summed E-state index contributed by atoms with van der Waals surface area (Å²) in [6.45, 7) is 3.58. The molecule has 2 aliphatic heterocycles. The molecule has 0 aliphatic carbocycles. The minimum atomic E-state index is -4.75. The molecule has 0 atom stereocenters. The molecule has 35 heavy (non-hydrogen) atoms. The van der Waals surface area contributed by atoms with Crippen molar-refractivity contribution in [3.63, 3.8) is 0 Å². The van der Waals surface area contributed by atoms with Gasteiger partial charge in [0.05, 0.1) is 30.9 Å². The molecule has 0 aromatic heterocycles. The third kappa shape index (κ3) is 6.74. The summed E-state index contributed by atoms with van der Waals surface area (Å²) in [4.78, 5) is 16.4. The average Bonchev–Trinajstić information content (AvgIpc) is 2.86. The van der Waals surface area contributed by atoms with E-state index in [1.165, 1.54) is 25.3 Å². The first kappa shape index (κ1) is 27.4. The van der Waals surface area contributed by atoms with E-state index >= 15 is 0 Å². The number of morpholine rings is 1. The number of hydrogen-bond acceptors (Lipinski definition) is 7. The normalized spacial score (nSPS) is 18.2. The van der Waals surface area contributed by atoms with Crippen LogP contribution in [0, 0.1) is 0 Å². The van der Waals surface area contributed by atoms with E-state index in [0.717, 1.165) is 19.6 Å². The fourth-order valence-corrected chi connectivity index (χ4v) is 5.05. The molecule has 0 radical (unpaired) electrons. The number of methoxy groups -OCH3 is 1. The maximum Gasteiger partial charge on any atom is 0.383 e. The summed E-state index contributed by atoms with van der Waals surface area (Å²) in [5.41, 5.74) is 0.399. The number of piperazine rings is 1. The zero-order valence-electron chi connectivity index (χ0n) is 19.4. The van der Waals surface area contributed by atoms with Gasteiger partial charge >= 0.3 is 12.3 Å². The molecular formula is C21H30F4N4O5S. The zero-order chi connectivity index (χ0) is 25.6. The second kappa shape index (κ2) is 11.7. The van der Waals surface area contributed by atoms with E-state index in [9.17, 15) is 30.8 Å². The van der Waals surface area contributed by atoms with Crippen molar-refractivity contribution < 1.29 is 40.2 Å². The number of carbonyl (C=O) groups excluding carboxylic acids is 1. The van der Waals surface area contributed by atoms with E-state index in [4.69, 9.17) is 9.47 Å². The largest absolute Gasteiger partial charge is 0.495 e. The summed E-state index contributed by atoms with van der Waals surface area (Å²) >= 11 is 0. The molecule has 2 saturated heterocycles. The Hall–Kier alpha value is -2.16. The number of alkyl halides is 4. The van der Waals surface area contributed by atoms with Crippen molar-refractivity contribution in [1.82, 2.24) is 14.5 Å². The number of sulfonamides is 1. The van der Waals surface area contributed by atoms with Crippen molar-refractivity contribution in [1.29, 1.82) is 0 Å². The molecule has 0 bridgehead atoms. The van der Waals surface area contributed by atoms with Crippen LogP contribution in [0.2, 0.25) is 0 Å². The van der Waals surface area contributed by atoms with Crippen LogP contribution >= 0.6 is 0 Å². The fraction of sp³-hybridized carbons (Fsp3) is 0.667. The molecule has 0 unspecified atom stereocenters. The minimum absolute atomic E-state index is 0.00223. The minimum Gasteiger partial charge on any atom is -0.495 e. The smallest absolute Gasteiger partial charge is 0.383 e.